The molecular weight excluding hydrogens is 264 g/mol. The number of alkyl halides is 4. The second kappa shape index (κ2) is 5.19. The van der Waals surface area contributed by atoms with Crippen molar-refractivity contribution in [3.8, 4) is 11.8 Å². The molecule has 3 nitrogen and oxygen atoms in total. The molecule has 0 aliphatic carbocycles. The van der Waals surface area contributed by atoms with Crippen LogP contribution in [0.15, 0.2) is 6.07 Å². The Kier molecular flexibility index (Phi) is 4.12. The smallest absolute Gasteiger partial charge is 0.404 e. The van der Waals surface area contributed by atoms with Crippen molar-refractivity contribution in [1.82, 2.24) is 4.98 Å². The lowest BCUT2D eigenvalue weighted by atomic mass is 10.2. The molecular formula is C9H5ClF4N2O. The highest BCUT2D eigenvalue weighted by atomic mass is 35.5. The van der Waals surface area contributed by atoms with Crippen LogP contribution in [0.2, 0.25) is 0 Å². The monoisotopic (exact) mass is 268 g/mol. The molecule has 0 fully saturated rings. The van der Waals surface area contributed by atoms with Crippen LogP contribution in [0.5, 0.6) is 5.75 Å². The van der Waals surface area contributed by atoms with E-state index < -0.39 is 17.9 Å². The molecule has 1 aromatic heterocycles. The van der Waals surface area contributed by atoms with Crippen molar-refractivity contribution >= 4 is 11.6 Å². The van der Waals surface area contributed by atoms with Gasteiger partial charge in [-0.15, -0.1) is 24.8 Å². The molecule has 0 aliphatic heterocycles. The summed E-state index contributed by atoms with van der Waals surface area (Å²) in [6.45, 7) is 0. The van der Waals surface area contributed by atoms with Gasteiger partial charge in [0.2, 0.25) is 0 Å². The number of hydrogen-bond acceptors (Lipinski definition) is 3. The van der Waals surface area contributed by atoms with Crippen LogP contribution in [-0.4, -0.2) is 11.3 Å². The first-order chi connectivity index (χ1) is 7.87. The minimum Gasteiger partial charge on any atom is -0.404 e. The van der Waals surface area contributed by atoms with E-state index in [1.54, 1.807) is 6.07 Å². The van der Waals surface area contributed by atoms with Crippen molar-refractivity contribution < 1.29 is 22.3 Å². The molecule has 0 unspecified atom stereocenters. The summed E-state index contributed by atoms with van der Waals surface area (Å²) in [6.07, 6.45) is -5.31. The molecule has 0 radical (unpaired) electrons. The molecule has 0 aliphatic rings. The molecule has 1 rings (SSSR count). The molecule has 8 heteroatoms. The van der Waals surface area contributed by atoms with E-state index in [-0.39, 0.29) is 23.7 Å². The topological polar surface area (TPSA) is 45.9 Å². The molecule has 0 spiro atoms. The summed E-state index contributed by atoms with van der Waals surface area (Å²) in [5.74, 6) is -2.23. The number of rotatable bonds is 3. The van der Waals surface area contributed by atoms with Gasteiger partial charge in [-0.25, -0.2) is 9.37 Å². The Morgan fingerprint density at radius 1 is 1.41 bits per heavy atom. The van der Waals surface area contributed by atoms with Gasteiger partial charge in [-0.2, -0.15) is 5.26 Å². The zero-order chi connectivity index (χ0) is 13.1. The first kappa shape index (κ1) is 13.5. The fourth-order valence-corrected chi connectivity index (χ4v) is 1.25. The van der Waals surface area contributed by atoms with Crippen molar-refractivity contribution in [1.29, 1.82) is 5.26 Å². The van der Waals surface area contributed by atoms with Crippen molar-refractivity contribution in [2.24, 2.45) is 0 Å². The van der Waals surface area contributed by atoms with Gasteiger partial charge in [0, 0.05) is 6.07 Å². The molecule has 0 saturated carbocycles. The zero-order valence-corrected chi connectivity index (χ0v) is 8.94. The highest BCUT2D eigenvalue weighted by Crippen LogP contribution is 2.28. The molecule has 1 aromatic rings. The number of halogens is 5. The van der Waals surface area contributed by atoms with Gasteiger partial charge < -0.3 is 4.74 Å². The standard InChI is InChI=1S/C9H5ClF4N2O/c10-4-7-8(17-9(12,13)14)3-5(11)6(16-7)1-2-15/h3H,1,4H2. The first-order valence-electron chi connectivity index (χ1n) is 4.24. The van der Waals surface area contributed by atoms with Gasteiger partial charge in [-0.05, 0) is 0 Å². The average molecular weight is 269 g/mol. The van der Waals surface area contributed by atoms with Crippen LogP contribution in [0.25, 0.3) is 0 Å². The predicted molar refractivity (Wildman–Crippen MR) is 49.8 cm³/mol. The maximum absolute atomic E-state index is 13.2. The molecule has 17 heavy (non-hydrogen) atoms. The summed E-state index contributed by atoms with van der Waals surface area (Å²) in [6, 6.07) is 2.15. The summed E-state index contributed by atoms with van der Waals surface area (Å²) < 4.78 is 52.7. The number of ether oxygens (including phenoxy) is 1. The molecule has 0 N–H and O–H groups in total. The van der Waals surface area contributed by atoms with Crippen LogP contribution in [-0.2, 0) is 12.3 Å². The van der Waals surface area contributed by atoms with E-state index >= 15 is 0 Å². The fraction of sp³-hybridized carbons (Fsp3) is 0.333. The van der Waals surface area contributed by atoms with Gasteiger partial charge in [-0.1, -0.05) is 0 Å². The first-order valence-corrected chi connectivity index (χ1v) is 4.77. The maximum atomic E-state index is 13.2. The Hall–Kier alpha value is -1.55. The molecule has 1 heterocycles. The third-order valence-corrected chi connectivity index (χ3v) is 1.94. The van der Waals surface area contributed by atoms with Crippen molar-refractivity contribution in [2.75, 3.05) is 0 Å². The highest BCUT2D eigenvalue weighted by molar-refractivity contribution is 6.17. The van der Waals surface area contributed by atoms with Gasteiger partial charge in [0.25, 0.3) is 0 Å². The van der Waals surface area contributed by atoms with E-state index in [1.165, 1.54) is 0 Å². The van der Waals surface area contributed by atoms with E-state index in [4.69, 9.17) is 16.9 Å². The Morgan fingerprint density at radius 2 is 2.06 bits per heavy atom. The lowest BCUT2D eigenvalue weighted by Crippen LogP contribution is -2.19. The van der Waals surface area contributed by atoms with Gasteiger partial charge in [0.15, 0.2) is 5.75 Å². The van der Waals surface area contributed by atoms with E-state index in [0.29, 0.717) is 6.07 Å². The fourth-order valence-electron chi connectivity index (χ4n) is 1.06. The van der Waals surface area contributed by atoms with Gasteiger partial charge >= 0.3 is 6.36 Å². The largest absolute Gasteiger partial charge is 0.573 e. The summed E-state index contributed by atoms with van der Waals surface area (Å²) in [5.41, 5.74) is -0.534. The third kappa shape index (κ3) is 3.75. The number of nitrogens with zero attached hydrogens (tertiary/aromatic N) is 2. The summed E-state index contributed by atoms with van der Waals surface area (Å²) >= 11 is 5.37. The maximum Gasteiger partial charge on any atom is 0.573 e. The van der Waals surface area contributed by atoms with E-state index in [9.17, 15) is 17.6 Å². The predicted octanol–water partition coefficient (Wildman–Crippen LogP) is 2.92. The van der Waals surface area contributed by atoms with Crippen LogP contribution in [0, 0.1) is 17.1 Å². The highest BCUT2D eigenvalue weighted by Gasteiger charge is 2.32. The van der Waals surface area contributed by atoms with Crippen LogP contribution in [0.4, 0.5) is 17.6 Å². The lowest BCUT2D eigenvalue weighted by molar-refractivity contribution is -0.275. The lowest BCUT2D eigenvalue weighted by Gasteiger charge is -2.12. The minimum atomic E-state index is -4.95. The third-order valence-electron chi connectivity index (χ3n) is 1.69. The normalized spacial score (nSPS) is 11.1. The zero-order valence-electron chi connectivity index (χ0n) is 8.18. The van der Waals surface area contributed by atoms with Crippen molar-refractivity contribution in [2.45, 2.75) is 18.7 Å². The molecule has 0 atom stereocenters. The van der Waals surface area contributed by atoms with E-state index in [1.807, 2.05) is 0 Å². The van der Waals surface area contributed by atoms with Gasteiger partial charge in [-0.3, -0.25) is 0 Å². The van der Waals surface area contributed by atoms with Crippen molar-refractivity contribution in [3.63, 3.8) is 0 Å². The second-order valence-corrected chi connectivity index (χ2v) is 3.15. The molecule has 0 saturated heterocycles. The number of aromatic nitrogens is 1. The summed E-state index contributed by atoms with van der Waals surface area (Å²) in [4.78, 5) is 3.51. The molecule has 0 amide bonds. The van der Waals surface area contributed by atoms with Gasteiger partial charge in [0.1, 0.15) is 5.82 Å². The van der Waals surface area contributed by atoms with Crippen LogP contribution in [0.1, 0.15) is 11.4 Å². The summed E-state index contributed by atoms with van der Waals surface area (Å²) in [5, 5.41) is 8.36. The van der Waals surface area contributed by atoms with E-state index in [2.05, 4.69) is 9.72 Å². The molecule has 92 valence electrons. The Bertz CT molecular complexity index is 456. The van der Waals surface area contributed by atoms with Crippen molar-refractivity contribution in [3.05, 3.63) is 23.3 Å². The number of nitriles is 1. The Balaban J connectivity index is 3.15. The second-order valence-electron chi connectivity index (χ2n) is 2.88. The van der Waals surface area contributed by atoms with Crippen LogP contribution >= 0.6 is 11.6 Å². The van der Waals surface area contributed by atoms with E-state index in [0.717, 1.165) is 0 Å². The Morgan fingerprint density at radius 3 is 2.53 bits per heavy atom. The van der Waals surface area contributed by atoms with Crippen LogP contribution in [0.3, 0.4) is 0 Å². The number of pyridine rings is 1. The minimum absolute atomic E-state index is 0.266. The van der Waals surface area contributed by atoms with Gasteiger partial charge in [0.05, 0.1) is 29.8 Å². The quantitative estimate of drug-likeness (QED) is 0.625. The SMILES string of the molecule is N#CCc1nc(CCl)c(OC(F)(F)F)cc1F. The van der Waals surface area contributed by atoms with Crippen LogP contribution < -0.4 is 4.74 Å². The summed E-state index contributed by atoms with van der Waals surface area (Å²) in [7, 11) is 0. The molecule has 0 bridgehead atoms. The molecule has 0 aromatic carbocycles. The Labute approximate surface area is 98.6 Å². The number of hydrogen-bond donors (Lipinski definition) is 0. The average Bonchev–Trinajstić information content (AvgIpc) is 2.20.